The molecule has 0 radical (unpaired) electrons. The van der Waals surface area contributed by atoms with E-state index in [2.05, 4.69) is 25.3 Å². The number of nitrogens with one attached hydrogen (secondary N) is 1. The number of methoxy groups -OCH3 is 1. The normalized spacial score (nSPS) is 16.4. The lowest BCUT2D eigenvalue weighted by Crippen LogP contribution is -2.25. The molecule has 172 valence electrons. The lowest BCUT2D eigenvalue weighted by molar-refractivity contribution is -0.385. The molecule has 2 N–H and O–H groups in total. The number of carbonyl (C=O) groups is 1. The minimum atomic E-state index is -1.15. The molecule has 1 aliphatic rings. The van der Waals surface area contributed by atoms with E-state index in [1.807, 2.05) is 6.08 Å². The Bertz CT molecular complexity index is 1280. The summed E-state index contributed by atoms with van der Waals surface area (Å²) in [6, 6.07) is 9.98. The first-order chi connectivity index (χ1) is 16.4. The van der Waals surface area contributed by atoms with Crippen molar-refractivity contribution in [3.63, 3.8) is 0 Å². The fourth-order valence-electron chi connectivity index (χ4n) is 3.63. The Hall–Kier alpha value is -4.67. The van der Waals surface area contributed by atoms with Gasteiger partial charge in [-0.2, -0.15) is 0 Å². The highest BCUT2D eigenvalue weighted by Crippen LogP contribution is 2.34. The number of allylic oxidation sites excluding steroid dienone is 1. The van der Waals surface area contributed by atoms with Crippen molar-refractivity contribution in [1.29, 1.82) is 0 Å². The molecule has 1 atom stereocenters. The standard InChI is InChI=1S/C23H20N6O5/c1-34-18-6-3-2-5-16(18)20-17(21(30)31)14-26-22(28-20)24-12-10-23(9-4-11-27-23)19-8-7-15(13-25-19)29(32)33/h2-9,11,13-14H,10,12H2,1H3,(H,30,31)(H,24,26,28). The van der Waals surface area contributed by atoms with E-state index >= 15 is 0 Å². The molecule has 0 saturated carbocycles. The zero-order chi connectivity index (χ0) is 24.1. The number of hydrogen-bond donors (Lipinski definition) is 2. The van der Waals surface area contributed by atoms with Crippen molar-refractivity contribution in [2.24, 2.45) is 4.99 Å². The number of carboxylic acids is 1. The number of nitro groups is 1. The molecule has 2 aromatic heterocycles. The van der Waals surface area contributed by atoms with Crippen LogP contribution in [0.3, 0.4) is 0 Å². The molecule has 34 heavy (non-hydrogen) atoms. The fourth-order valence-corrected chi connectivity index (χ4v) is 3.63. The van der Waals surface area contributed by atoms with Gasteiger partial charge in [-0.05, 0) is 36.8 Å². The van der Waals surface area contributed by atoms with Gasteiger partial charge >= 0.3 is 5.97 Å². The summed E-state index contributed by atoms with van der Waals surface area (Å²) in [5.41, 5.74) is 0.399. The van der Waals surface area contributed by atoms with Crippen LogP contribution >= 0.6 is 0 Å². The molecule has 11 nitrogen and oxygen atoms in total. The SMILES string of the molecule is COc1ccccc1-c1nc(NCCC2(c3ccc([N+](=O)[O-])cn3)C=CC=N2)ncc1C(=O)O. The van der Waals surface area contributed by atoms with Gasteiger partial charge < -0.3 is 15.2 Å². The van der Waals surface area contributed by atoms with Gasteiger partial charge in [-0.25, -0.2) is 14.8 Å². The number of ether oxygens (including phenoxy) is 1. The third-order valence-corrected chi connectivity index (χ3v) is 5.34. The molecular weight excluding hydrogens is 440 g/mol. The summed E-state index contributed by atoms with van der Waals surface area (Å²) in [6.07, 6.45) is 8.23. The second-order valence-electron chi connectivity index (χ2n) is 7.36. The third kappa shape index (κ3) is 4.44. The van der Waals surface area contributed by atoms with Crippen LogP contribution < -0.4 is 10.1 Å². The number of carboxylic acid groups (broad SMARTS) is 1. The van der Waals surface area contributed by atoms with Crippen LogP contribution in [0.25, 0.3) is 11.3 Å². The summed E-state index contributed by atoms with van der Waals surface area (Å²) in [5.74, 6) is -0.423. The van der Waals surface area contributed by atoms with E-state index in [0.717, 1.165) is 0 Å². The molecule has 0 aliphatic carbocycles. The average Bonchev–Trinajstić information content (AvgIpc) is 3.34. The first kappa shape index (κ1) is 22.5. The number of para-hydroxylation sites is 1. The van der Waals surface area contributed by atoms with E-state index in [4.69, 9.17) is 4.74 Å². The van der Waals surface area contributed by atoms with Crippen LogP contribution in [-0.4, -0.2) is 50.8 Å². The first-order valence-corrected chi connectivity index (χ1v) is 10.2. The topological polar surface area (TPSA) is 153 Å². The zero-order valence-corrected chi connectivity index (χ0v) is 18.1. The van der Waals surface area contributed by atoms with Crippen LogP contribution in [-0.2, 0) is 5.54 Å². The average molecular weight is 460 g/mol. The fraction of sp³-hybridized carbons (Fsp3) is 0.174. The molecule has 1 unspecified atom stereocenters. The van der Waals surface area contributed by atoms with Gasteiger partial charge in [0.2, 0.25) is 5.95 Å². The van der Waals surface area contributed by atoms with Crippen molar-refractivity contribution >= 4 is 23.8 Å². The van der Waals surface area contributed by atoms with Gasteiger partial charge in [-0.1, -0.05) is 12.1 Å². The van der Waals surface area contributed by atoms with Gasteiger partial charge in [0.15, 0.2) is 0 Å². The van der Waals surface area contributed by atoms with Crippen molar-refractivity contribution in [2.75, 3.05) is 19.0 Å². The van der Waals surface area contributed by atoms with E-state index in [9.17, 15) is 20.0 Å². The van der Waals surface area contributed by atoms with Crippen molar-refractivity contribution in [3.8, 4) is 17.0 Å². The van der Waals surface area contributed by atoms with Crippen molar-refractivity contribution in [2.45, 2.75) is 12.0 Å². The Labute approximate surface area is 194 Å². The summed E-state index contributed by atoms with van der Waals surface area (Å²) < 4.78 is 5.36. The van der Waals surface area contributed by atoms with E-state index < -0.39 is 16.4 Å². The van der Waals surface area contributed by atoms with E-state index in [1.165, 1.54) is 25.6 Å². The summed E-state index contributed by atoms with van der Waals surface area (Å²) in [5, 5.41) is 23.6. The van der Waals surface area contributed by atoms with Gasteiger partial charge in [0.05, 0.1) is 23.4 Å². The largest absolute Gasteiger partial charge is 0.496 e. The van der Waals surface area contributed by atoms with Crippen LogP contribution in [0.2, 0.25) is 0 Å². The number of aromatic nitrogens is 3. The van der Waals surface area contributed by atoms with E-state index in [-0.39, 0.29) is 22.9 Å². The highest BCUT2D eigenvalue weighted by atomic mass is 16.6. The summed E-state index contributed by atoms with van der Waals surface area (Å²) in [4.78, 5) is 39.5. The Balaban J connectivity index is 1.56. The number of hydrogen-bond acceptors (Lipinski definition) is 9. The molecule has 1 aliphatic heterocycles. The van der Waals surface area contributed by atoms with Crippen LogP contribution in [0.1, 0.15) is 22.5 Å². The summed E-state index contributed by atoms with van der Waals surface area (Å²) >= 11 is 0. The Morgan fingerprint density at radius 3 is 2.68 bits per heavy atom. The first-order valence-electron chi connectivity index (χ1n) is 10.2. The maximum Gasteiger partial charge on any atom is 0.339 e. The highest BCUT2D eigenvalue weighted by Gasteiger charge is 2.32. The number of benzene rings is 1. The molecule has 4 rings (SSSR count). The maximum atomic E-state index is 11.7. The molecule has 0 saturated heterocycles. The van der Waals surface area contributed by atoms with Crippen LogP contribution in [0.5, 0.6) is 5.75 Å². The van der Waals surface area contributed by atoms with Crippen LogP contribution in [0.4, 0.5) is 11.6 Å². The van der Waals surface area contributed by atoms with Crippen molar-refractivity contribution in [3.05, 3.63) is 82.3 Å². The molecule has 1 aromatic carbocycles. The molecule has 0 bridgehead atoms. The predicted molar refractivity (Wildman–Crippen MR) is 124 cm³/mol. The van der Waals surface area contributed by atoms with Crippen molar-refractivity contribution in [1.82, 2.24) is 15.0 Å². The van der Waals surface area contributed by atoms with Gasteiger partial charge in [0.25, 0.3) is 5.69 Å². The molecular formula is C23H20N6O5. The number of aliphatic imine (C=N–C) groups is 1. The number of anilines is 1. The predicted octanol–water partition coefficient (Wildman–Crippen LogP) is 3.49. The van der Waals surface area contributed by atoms with Gasteiger partial charge in [-0.15, -0.1) is 0 Å². The van der Waals surface area contributed by atoms with Gasteiger partial charge in [0.1, 0.15) is 23.0 Å². The smallest absolute Gasteiger partial charge is 0.339 e. The lowest BCUT2D eigenvalue weighted by atomic mass is 9.92. The van der Waals surface area contributed by atoms with Gasteiger partial charge in [0, 0.05) is 30.6 Å². The molecule has 11 heteroatoms. The monoisotopic (exact) mass is 460 g/mol. The Morgan fingerprint density at radius 2 is 2.03 bits per heavy atom. The quantitative estimate of drug-likeness (QED) is 0.361. The van der Waals surface area contributed by atoms with Gasteiger partial charge in [-0.3, -0.25) is 20.1 Å². The van der Waals surface area contributed by atoms with E-state index in [1.54, 1.807) is 42.6 Å². The summed E-state index contributed by atoms with van der Waals surface area (Å²) in [6.45, 7) is 0.373. The minimum Gasteiger partial charge on any atom is -0.496 e. The molecule has 3 heterocycles. The highest BCUT2D eigenvalue weighted by molar-refractivity contribution is 5.95. The number of aromatic carboxylic acids is 1. The summed E-state index contributed by atoms with van der Waals surface area (Å²) in [7, 11) is 1.50. The van der Waals surface area contributed by atoms with Crippen LogP contribution in [0, 0.1) is 10.1 Å². The number of nitrogens with zero attached hydrogens (tertiary/aromatic N) is 5. The molecule has 3 aromatic rings. The maximum absolute atomic E-state index is 11.7. The Morgan fingerprint density at radius 1 is 1.21 bits per heavy atom. The molecule has 0 amide bonds. The lowest BCUT2D eigenvalue weighted by Gasteiger charge is -2.23. The zero-order valence-electron chi connectivity index (χ0n) is 18.1. The molecule has 0 spiro atoms. The second-order valence-corrected chi connectivity index (χ2v) is 7.36. The Kier molecular flexibility index (Phi) is 6.26. The van der Waals surface area contributed by atoms with E-state index in [0.29, 0.717) is 30.0 Å². The van der Waals surface area contributed by atoms with Crippen LogP contribution in [0.15, 0.2) is 65.9 Å². The minimum absolute atomic E-state index is 0.0510. The number of rotatable bonds is 9. The number of pyridine rings is 1. The molecule has 0 fully saturated rings. The third-order valence-electron chi connectivity index (χ3n) is 5.34. The second kappa shape index (κ2) is 9.45. The van der Waals surface area contributed by atoms with Crippen molar-refractivity contribution < 1.29 is 19.6 Å².